The Kier molecular flexibility index (Phi) is 3.71. The van der Waals surface area contributed by atoms with Crippen molar-refractivity contribution in [1.29, 1.82) is 0 Å². The van der Waals surface area contributed by atoms with Crippen LogP contribution in [0.3, 0.4) is 0 Å². The summed E-state index contributed by atoms with van der Waals surface area (Å²) in [5, 5.41) is 14.0. The molecule has 1 fully saturated rings. The van der Waals surface area contributed by atoms with Crippen LogP contribution in [0, 0.1) is 16.0 Å². The molecule has 0 bridgehead atoms. The third kappa shape index (κ3) is 3.10. The number of rotatable bonds is 5. The zero-order chi connectivity index (χ0) is 15.0. The number of nitro benzene ring substituents is 1. The van der Waals surface area contributed by atoms with Crippen molar-refractivity contribution in [3.8, 4) is 0 Å². The molecule has 21 heavy (non-hydrogen) atoms. The van der Waals surface area contributed by atoms with Crippen LogP contribution in [0.5, 0.6) is 0 Å². The standard InChI is InChI=1S/C15H15BrN2O3/c1-9-6-12(9)15-5-3-11(21-15)8-17-10-2-4-14(18(19)20)13(16)7-10/h2-5,7,9,12,17H,6,8H2,1H3. The van der Waals surface area contributed by atoms with Crippen LogP contribution in [0.25, 0.3) is 0 Å². The monoisotopic (exact) mass is 350 g/mol. The minimum absolute atomic E-state index is 0.0588. The summed E-state index contributed by atoms with van der Waals surface area (Å²) in [6, 6.07) is 8.89. The van der Waals surface area contributed by atoms with E-state index in [4.69, 9.17) is 4.42 Å². The van der Waals surface area contributed by atoms with E-state index in [9.17, 15) is 10.1 Å². The molecule has 0 spiro atoms. The molecule has 0 amide bonds. The van der Waals surface area contributed by atoms with E-state index >= 15 is 0 Å². The van der Waals surface area contributed by atoms with Gasteiger partial charge in [-0.25, -0.2) is 0 Å². The molecule has 1 aromatic carbocycles. The highest BCUT2D eigenvalue weighted by atomic mass is 79.9. The number of nitrogens with zero attached hydrogens (tertiary/aromatic N) is 1. The first kappa shape index (κ1) is 14.1. The van der Waals surface area contributed by atoms with Crippen molar-refractivity contribution in [3.05, 3.63) is 56.4 Å². The van der Waals surface area contributed by atoms with Gasteiger partial charge in [0.25, 0.3) is 5.69 Å². The molecule has 1 heterocycles. The van der Waals surface area contributed by atoms with Gasteiger partial charge < -0.3 is 9.73 Å². The molecule has 1 aromatic heterocycles. The molecule has 6 heteroatoms. The molecule has 0 saturated heterocycles. The quantitative estimate of drug-likeness (QED) is 0.627. The summed E-state index contributed by atoms with van der Waals surface area (Å²) >= 11 is 3.21. The van der Waals surface area contributed by atoms with Gasteiger partial charge in [-0.15, -0.1) is 0 Å². The summed E-state index contributed by atoms with van der Waals surface area (Å²) < 4.78 is 6.27. The van der Waals surface area contributed by atoms with Crippen molar-refractivity contribution in [2.24, 2.45) is 5.92 Å². The fourth-order valence-electron chi connectivity index (χ4n) is 2.36. The first-order valence-corrected chi connectivity index (χ1v) is 7.60. The lowest BCUT2D eigenvalue weighted by Crippen LogP contribution is -1.99. The largest absolute Gasteiger partial charge is 0.464 e. The topological polar surface area (TPSA) is 68.3 Å². The number of benzene rings is 1. The van der Waals surface area contributed by atoms with E-state index in [2.05, 4.69) is 28.2 Å². The Balaban J connectivity index is 1.63. The van der Waals surface area contributed by atoms with Crippen LogP contribution in [0.1, 0.15) is 30.8 Å². The van der Waals surface area contributed by atoms with Crippen LogP contribution in [0.4, 0.5) is 11.4 Å². The van der Waals surface area contributed by atoms with E-state index in [1.165, 1.54) is 12.5 Å². The molecule has 1 N–H and O–H groups in total. The van der Waals surface area contributed by atoms with Gasteiger partial charge in [0.15, 0.2) is 0 Å². The van der Waals surface area contributed by atoms with Crippen LogP contribution in [-0.4, -0.2) is 4.92 Å². The highest BCUT2D eigenvalue weighted by Gasteiger charge is 2.36. The molecule has 1 aliphatic carbocycles. The lowest BCUT2D eigenvalue weighted by molar-refractivity contribution is -0.385. The van der Waals surface area contributed by atoms with Crippen LogP contribution in [0.2, 0.25) is 0 Å². The third-order valence-corrected chi connectivity index (χ3v) is 4.40. The molecule has 0 aliphatic heterocycles. The molecule has 2 atom stereocenters. The summed E-state index contributed by atoms with van der Waals surface area (Å²) in [7, 11) is 0. The second kappa shape index (κ2) is 5.52. The van der Waals surface area contributed by atoms with Crippen LogP contribution < -0.4 is 5.32 Å². The Morgan fingerprint density at radius 3 is 2.81 bits per heavy atom. The smallest absolute Gasteiger partial charge is 0.283 e. The van der Waals surface area contributed by atoms with Gasteiger partial charge in [-0.2, -0.15) is 0 Å². The second-order valence-corrected chi connectivity index (χ2v) is 6.25. The average Bonchev–Trinajstić information content (AvgIpc) is 2.99. The van der Waals surface area contributed by atoms with Crippen molar-refractivity contribution in [2.75, 3.05) is 5.32 Å². The van der Waals surface area contributed by atoms with Gasteiger partial charge in [0, 0.05) is 17.7 Å². The summed E-state index contributed by atoms with van der Waals surface area (Å²) in [4.78, 5) is 10.3. The van der Waals surface area contributed by atoms with Crippen molar-refractivity contribution >= 4 is 27.3 Å². The molecule has 2 aromatic rings. The molecule has 5 nitrogen and oxygen atoms in total. The van der Waals surface area contributed by atoms with Gasteiger partial charge in [-0.1, -0.05) is 6.92 Å². The minimum Gasteiger partial charge on any atom is -0.464 e. The molecule has 1 saturated carbocycles. The van der Waals surface area contributed by atoms with Gasteiger partial charge in [0.1, 0.15) is 11.5 Å². The Bertz CT molecular complexity index is 683. The van der Waals surface area contributed by atoms with Crippen molar-refractivity contribution in [2.45, 2.75) is 25.8 Å². The molecule has 0 radical (unpaired) electrons. The van der Waals surface area contributed by atoms with Crippen molar-refractivity contribution in [1.82, 2.24) is 0 Å². The first-order chi connectivity index (χ1) is 10.0. The fourth-order valence-corrected chi connectivity index (χ4v) is 2.89. The Hall–Kier alpha value is -1.82. The first-order valence-electron chi connectivity index (χ1n) is 6.81. The summed E-state index contributed by atoms with van der Waals surface area (Å²) in [6.45, 7) is 2.78. The Morgan fingerprint density at radius 2 is 2.19 bits per heavy atom. The molecule has 110 valence electrons. The zero-order valence-corrected chi connectivity index (χ0v) is 13.1. The number of anilines is 1. The second-order valence-electron chi connectivity index (χ2n) is 5.40. The predicted octanol–water partition coefficient (Wildman–Crippen LogP) is 4.69. The SMILES string of the molecule is CC1CC1c1ccc(CNc2ccc([N+](=O)[O-])c(Br)c2)o1. The van der Waals surface area contributed by atoms with Crippen LogP contribution in [0.15, 0.2) is 39.2 Å². The third-order valence-electron chi connectivity index (χ3n) is 3.77. The minimum atomic E-state index is -0.413. The van der Waals surface area contributed by atoms with E-state index < -0.39 is 4.92 Å². The van der Waals surface area contributed by atoms with E-state index in [0.29, 0.717) is 16.9 Å². The highest BCUT2D eigenvalue weighted by Crippen LogP contribution is 2.47. The summed E-state index contributed by atoms with van der Waals surface area (Å²) in [5.41, 5.74) is 0.869. The lowest BCUT2D eigenvalue weighted by Gasteiger charge is -2.05. The molecular weight excluding hydrogens is 336 g/mol. The molecule has 1 aliphatic rings. The Morgan fingerprint density at radius 1 is 1.43 bits per heavy atom. The molecular formula is C15H15BrN2O3. The molecule has 3 rings (SSSR count). The summed E-state index contributed by atoms with van der Waals surface area (Å²) in [5.74, 6) is 3.23. The van der Waals surface area contributed by atoms with Crippen LogP contribution >= 0.6 is 15.9 Å². The highest BCUT2D eigenvalue weighted by molar-refractivity contribution is 9.10. The number of nitrogens with one attached hydrogen (secondary N) is 1. The zero-order valence-electron chi connectivity index (χ0n) is 11.5. The van der Waals surface area contributed by atoms with Gasteiger partial charge in [0.2, 0.25) is 0 Å². The number of nitro groups is 1. The maximum absolute atomic E-state index is 10.8. The van der Waals surface area contributed by atoms with Crippen molar-refractivity contribution < 1.29 is 9.34 Å². The van der Waals surface area contributed by atoms with E-state index in [0.717, 1.165) is 23.1 Å². The Labute approximate surface area is 130 Å². The average molecular weight is 351 g/mol. The molecule has 2 unspecified atom stereocenters. The maximum atomic E-state index is 10.8. The van der Waals surface area contributed by atoms with E-state index in [1.807, 2.05) is 12.1 Å². The van der Waals surface area contributed by atoms with Gasteiger partial charge in [-0.3, -0.25) is 10.1 Å². The lowest BCUT2D eigenvalue weighted by atomic mass is 10.2. The van der Waals surface area contributed by atoms with Crippen LogP contribution in [-0.2, 0) is 6.54 Å². The van der Waals surface area contributed by atoms with Gasteiger partial charge in [0.05, 0.1) is 15.9 Å². The van der Waals surface area contributed by atoms with E-state index in [1.54, 1.807) is 12.1 Å². The fraction of sp³-hybridized carbons (Fsp3) is 0.333. The normalized spacial score (nSPS) is 20.3. The van der Waals surface area contributed by atoms with Gasteiger partial charge >= 0.3 is 0 Å². The summed E-state index contributed by atoms with van der Waals surface area (Å²) in [6.07, 6.45) is 1.20. The predicted molar refractivity (Wildman–Crippen MR) is 83.4 cm³/mol. The van der Waals surface area contributed by atoms with E-state index in [-0.39, 0.29) is 5.69 Å². The number of furan rings is 1. The number of hydrogen-bond acceptors (Lipinski definition) is 4. The van der Waals surface area contributed by atoms with Crippen molar-refractivity contribution in [3.63, 3.8) is 0 Å². The van der Waals surface area contributed by atoms with Gasteiger partial charge in [-0.05, 0) is 52.5 Å². The maximum Gasteiger partial charge on any atom is 0.283 e. The number of hydrogen-bond donors (Lipinski definition) is 1. The number of halogens is 1.